The summed E-state index contributed by atoms with van der Waals surface area (Å²) in [7, 11) is 0. The number of carbonyl (C=O) groups is 1. The Morgan fingerprint density at radius 1 is 1.33 bits per heavy atom. The molecule has 2 rings (SSSR count). The number of nitrogens with one attached hydrogen (secondary N) is 1. The van der Waals surface area contributed by atoms with Gasteiger partial charge in [-0.15, -0.1) is 0 Å². The molecule has 0 radical (unpaired) electrons. The molecule has 1 heterocycles. The van der Waals surface area contributed by atoms with Crippen molar-refractivity contribution in [3.63, 3.8) is 0 Å². The lowest BCUT2D eigenvalue weighted by molar-refractivity contribution is 0.0697. The highest BCUT2D eigenvalue weighted by atomic mass is 16.4. The second-order valence-electron chi connectivity index (χ2n) is 2.88. The molecule has 0 fully saturated rings. The Labute approximate surface area is 83.8 Å². The van der Waals surface area contributed by atoms with Crippen molar-refractivity contribution in [1.82, 2.24) is 14.8 Å². The van der Waals surface area contributed by atoms with Crippen molar-refractivity contribution in [2.75, 3.05) is 0 Å². The van der Waals surface area contributed by atoms with Gasteiger partial charge in [0, 0.05) is 0 Å². The molecule has 0 spiro atoms. The highest BCUT2D eigenvalue weighted by molar-refractivity contribution is 5.87. The number of aromatic carboxylic acids is 1. The molecular formula is C9H7N3O3. The molecule has 2 N–H and O–H groups in total. The topological polar surface area (TPSA) is 88.0 Å². The zero-order chi connectivity index (χ0) is 10.8. The van der Waals surface area contributed by atoms with Gasteiger partial charge in [-0.25, -0.2) is 19.4 Å². The van der Waals surface area contributed by atoms with Crippen LogP contribution in [0.5, 0.6) is 0 Å². The van der Waals surface area contributed by atoms with Gasteiger partial charge in [-0.2, -0.15) is 4.98 Å². The second-order valence-corrected chi connectivity index (χ2v) is 2.88. The Morgan fingerprint density at radius 2 is 2.00 bits per heavy atom. The first-order valence-electron chi connectivity index (χ1n) is 4.14. The summed E-state index contributed by atoms with van der Waals surface area (Å²) in [6, 6.07) is 6.08. The lowest BCUT2D eigenvalue weighted by atomic mass is 10.2. The minimum Gasteiger partial charge on any atom is -0.478 e. The SMILES string of the molecule is O=C(O)c1ccc(-n2cnc(=O)[nH]2)cc1. The van der Waals surface area contributed by atoms with E-state index in [1.807, 2.05) is 0 Å². The van der Waals surface area contributed by atoms with Crippen LogP contribution >= 0.6 is 0 Å². The minimum atomic E-state index is -0.985. The third kappa shape index (κ3) is 1.78. The largest absolute Gasteiger partial charge is 0.478 e. The maximum atomic E-state index is 10.8. The van der Waals surface area contributed by atoms with Gasteiger partial charge in [0.2, 0.25) is 0 Å². The third-order valence-corrected chi connectivity index (χ3v) is 1.90. The highest BCUT2D eigenvalue weighted by Crippen LogP contribution is 2.07. The Hall–Kier alpha value is -2.37. The van der Waals surface area contributed by atoms with Crippen LogP contribution in [0.2, 0.25) is 0 Å². The first-order valence-corrected chi connectivity index (χ1v) is 4.14. The van der Waals surface area contributed by atoms with E-state index in [-0.39, 0.29) is 5.56 Å². The molecule has 0 unspecified atom stereocenters. The van der Waals surface area contributed by atoms with E-state index < -0.39 is 11.7 Å². The zero-order valence-electron chi connectivity index (χ0n) is 7.54. The number of hydrogen-bond donors (Lipinski definition) is 2. The van der Waals surface area contributed by atoms with E-state index >= 15 is 0 Å². The van der Waals surface area contributed by atoms with Gasteiger partial charge in [-0.05, 0) is 24.3 Å². The number of carboxylic acids is 1. The Kier molecular flexibility index (Phi) is 2.09. The first-order chi connectivity index (χ1) is 7.16. The van der Waals surface area contributed by atoms with Crippen LogP contribution in [-0.4, -0.2) is 25.8 Å². The fourth-order valence-electron chi connectivity index (χ4n) is 1.17. The molecule has 1 aromatic carbocycles. The number of aromatic amines is 1. The van der Waals surface area contributed by atoms with Crippen LogP contribution < -0.4 is 5.69 Å². The number of hydrogen-bond acceptors (Lipinski definition) is 3. The van der Waals surface area contributed by atoms with Gasteiger partial charge < -0.3 is 5.11 Å². The predicted octanol–water partition coefficient (Wildman–Crippen LogP) is 0.259. The van der Waals surface area contributed by atoms with E-state index in [0.717, 1.165) is 0 Å². The molecule has 15 heavy (non-hydrogen) atoms. The lowest BCUT2D eigenvalue weighted by Gasteiger charge is -2.00. The number of H-pyrrole nitrogens is 1. The summed E-state index contributed by atoms with van der Waals surface area (Å²) in [5, 5.41) is 11.1. The molecule has 2 aromatic rings. The maximum Gasteiger partial charge on any atom is 0.361 e. The summed E-state index contributed by atoms with van der Waals surface area (Å²) < 4.78 is 1.41. The summed E-state index contributed by atoms with van der Waals surface area (Å²) in [5.41, 5.74) is 0.396. The first kappa shape index (κ1) is 9.20. The molecule has 0 amide bonds. The van der Waals surface area contributed by atoms with Crippen LogP contribution in [-0.2, 0) is 0 Å². The fraction of sp³-hybridized carbons (Fsp3) is 0. The molecule has 0 aliphatic rings. The van der Waals surface area contributed by atoms with Crippen molar-refractivity contribution >= 4 is 5.97 Å². The molecule has 0 atom stereocenters. The lowest BCUT2D eigenvalue weighted by Crippen LogP contribution is -2.05. The van der Waals surface area contributed by atoms with Crippen LogP contribution in [0.3, 0.4) is 0 Å². The fourth-order valence-corrected chi connectivity index (χ4v) is 1.17. The highest BCUT2D eigenvalue weighted by Gasteiger charge is 2.02. The molecule has 0 saturated carbocycles. The average Bonchev–Trinajstić information content (AvgIpc) is 2.65. The second kappa shape index (κ2) is 3.41. The summed E-state index contributed by atoms with van der Waals surface area (Å²) in [6.45, 7) is 0. The van der Waals surface area contributed by atoms with Crippen molar-refractivity contribution in [3.8, 4) is 5.69 Å². The summed E-state index contributed by atoms with van der Waals surface area (Å²) in [4.78, 5) is 24.8. The van der Waals surface area contributed by atoms with Gasteiger partial charge in [-0.1, -0.05) is 0 Å². The molecule has 0 saturated heterocycles. The molecule has 76 valence electrons. The number of nitrogens with zero attached hydrogens (tertiary/aromatic N) is 2. The van der Waals surface area contributed by atoms with E-state index in [9.17, 15) is 9.59 Å². The van der Waals surface area contributed by atoms with Crippen LogP contribution in [0.25, 0.3) is 5.69 Å². The Balaban J connectivity index is 2.39. The van der Waals surface area contributed by atoms with Gasteiger partial charge >= 0.3 is 11.7 Å². The van der Waals surface area contributed by atoms with Gasteiger partial charge in [-0.3, -0.25) is 0 Å². The summed E-state index contributed by atoms with van der Waals surface area (Å²) in [6.07, 6.45) is 1.33. The van der Waals surface area contributed by atoms with Crippen LogP contribution in [0.1, 0.15) is 10.4 Å². The number of carboxylic acid groups (broad SMARTS) is 1. The Bertz CT molecular complexity index is 538. The Morgan fingerprint density at radius 3 is 2.47 bits per heavy atom. The van der Waals surface area contributed by atoms with E-state index in [0.29, 0.717) is 5.69 Å². The molecular weight excluding hydrogens is 198 g/mol. The molecule has 0 aliphatic heterocycles. The quantitative estimate of drug-likeness (QED) is 0.736. The number of aromatic nitrogens is 3. The monoisotopic (exact) mass is 205 g/mol. The standard InChI is InChI=1S/C9H7N3O3/c13-8(14)6-1-3-7(4-2-6)12-5-10-9(15)11-12/h1-5H,(H,11,15)(H,13,14). The van der Waals surface area contributed by atoms with Gasteiger partial charge in [0.1, 0.15) is 6.33 Å². The maximum absolute atomic E-state index is 10.8. The van der Waals surface area contributed by atoms with Gasteiger partial charge in [0.15, 0.2) is 0 Å². The van der Waals surface area contributed by atoms with Crippen molar-refractivity contribution < 1.29 is 9.90 Å². The van der Waals surface area contributed by atoms with Gasteiger partial charge in [0.25, 0.3) is 0 Å². The molecule has 0 aliphatic carbocycles. The zero-order valence-corrected chi connectivity index (χ0v) is 7.54. The van der Waals surface area contributed by atoms with E-state index in [1.54, 1.807) is 12.1 Å². The normalized spacial score (nSPS) is 10.1. The molecule has 1 aromatic heterocycles. The van der Waals surface area contributed by atoms with E-state index in [4.69, 9.17) is 5.11 Å². The summed E-state index contributed by atoms with van der Waals surface area (Å²) >= 11 is 0. The van der Waals surface area contributed by atoms with Crippen molar-refractivity contribution in [1.29, 1.82) is 0 Å². The van der Waals surface area contributed by atoms with Crippen LogP contribution in [0.15, 0.2) is 35.4 Å². The average molecular weight is 205 g/mol. The molecule has 6 heteroatoms. The number of benzene rings is 1. The van der Waals surface area contributed by atoms with E-state index in [1.165, 1.54) is 23.1 Å². The van der Waals surface area contributed by atoms with Crippen LogP contribution in [0, 0.1) is 0 Å². The van der Waals surface area contributed by atoms with Crippen molar-refractivity contribution in [3.05, 3.63) is 46.6 Å². The molecule has 0 bridgehead atoms. The molecule has 6 nitrogen and oxygen atoms in total. The van der Waals surface area contributed by atoms with Crippen molar-refractivity contribution in [2.24, 2.45) is 0 Å². The predicted molar refractivity (Wildman–Crippen MR) is 51.1 cm³/mol. The van der Waals surface area contributed by atoms with Gasteiger partial charge in [0.05, 0.1) is 11.3 Å². The summed E-state index contributed by atoms with van der Waals surface area (Å²) in [5.74, 6) is -0.985. The van der Waals surface area contributed by atoms with E-state index in [2.05, 4.69) is 10.1 Å². The third-order valence-electron chi connectivity index (χ3n) is 1.90. The minimum absolute atomic E-state index is 0.196. The van der Waals surface area contributed by atoms with Crippen molar-refractivity contribution in [2.45, 2.75) is 0 Å². The smallest absolute Gasteiger partial charge is 0.361 e. The number of rotatable bonds is 2. The van der Waals surface area contributed by atoms with Crippen LogP contribution in [0.4, 0.5) is 0 Å².